The van der Waals surface area contributed by atoms with E-state index in [4.69, 9.17) is 9.72 Å². The Balaban J connectivity index is 1.61. The van der Waals surface area contributed by atoms with Gasteiger partial charge in [0.15, 0.2) is 0 Å². The van der Waals surface area contributed by atoms with Crippen molar-refractivity contribution in [1.29, 1.82) is 0 Å². The van der Waals surface area contributed by atoms with E-state index in [0.717, 1.165) is 50.5 Å². The van der Waals surface area contributed by atoms with Gasteiger partial charge in [0.25, 0.3) is 0 Å². The summed E-state index contributed by atoms with van der Waals surface area (Å²) in [5.74, 6) is 1.72. The molecule has 0 radical (unpaired) electrons. The number of rotatable bonds is 6. The first-order valence-corrected chi connectivity index (χ1v) is 10.6. The molecule has 0 saturated heterocycles. The number of imidazole rings is 1. The molecule has 0 bridgehead atoms. The zero-order chi connectivity index (χ0) is 21.9. The molecule has 5 rings (SSSR count). The van der Waals surface area contributed by atoms with Crippen molar-refractivity contribution < 1.29 is 4.74 Å². The third kappa shape index (κ3) is 4.05. The van der Waals surface area contributed by atoms with Crippen LogP contribution in [-0.2, 0) is 6.54 Å². The Morgan fingerprint density at radius 2 is 1.75 bits per heavy atom. The Morgan fingerprint density at radius 1 is 0.875 bits per heavy atom. The van der Waals surface area contributed by atoms with Gasteiger partial charge in [0.2, 0.25) is 0 Å². The molecule has 0 spiro atoms. The maximum atomic E-state index is 5.53. The van der Waals surface area contributed by atoms with E-state index in [1.54, 1.807) is 13.3 Å². The average molecular weight is 421 g/mol. The number of fused-ring (bicyclic) bond motifs is 1. The van der Waals surface area contributed by atoms with E-state index in [1.807, 2.05) is 36.7 Å². The van der Waals surface area contributed by atoms with Gasteiger partial charge in [-0.3, -0.25) is 4.98 Å². The summed E-state index contributed by atoms with van der Waals surface area (Å²) in [5.41, 5.74) is 6.47. The molecule has 5 aromatic rings. The van der Waals surface area contributed by atoms with Crippen molar-refractivity contribution in [3.05, 3.63) is 103 Å². The summed E-state index contributed by atoms with van der Waals surface area (Å²) in [6, 6.07) is 25.1. The second-order valence-corrected chi connectivity index (χ2v) is 7.80. The molecule has 0 saturated carbocycles. The van der Waals surface area contributed by atoms with Gasteiger partial charge in [0, 0.05) is 47.0 Å². The molecule has 3 aromatic carbocycles. The molecule has 0 atom stereocenters. The quantitative estimate of drug-likeness (QED) is 0.351. The number of aromatic amines is 1. The second-order valence-electron chi connectivity index (χ2n) is 7.80. The summed E-state index contributed by atoms with van der Waals surface area (Å²) in [4.78, 5) is 14.6. The minimum absolute atomic E-state index is 0.608. The van der Waals surface area contributed by atoms with E-state index in [1.165, 1.54) is 0 Å². The lowest BCUT2D eigenvalue weighted by Crippen LogP contribution is -2.17. The van der Waals surface area contributed by atoms with Crippen LogP contribution in [0.5, 0.6) is 5.75 Å². The molecule has 5 heteroatoms. The fraction of sp³-hybridized carbons (Fsp3) is 0.111. The molecule has 0 aliphatic carbocycles. The number of hydrogen-bond donors (Lipinski definition) is 1. The molecule has 2 heterocycles. The molecule has 2 aromatic heterocycles. The Labute approximate surface area is 187 Å². The molecule has 5 nitrogen and oxygen atoms in total. The van der Waals surface area contributed by atoms with Crippen LogP contribution in [0.25, 0.3) is 22.0 Å². The molecular weight excluding hydrogens is 396 g/mol. The first-order valence-electron chi connectivity index (χ1n) is 10.6. The van der Waals surface area contributed by atoms with Crippen LogP contribution in [0.4, 0.5) is 11.4 Å². The van der Waals surface area contributed by atoms with Gasteiger partial charge < -0.3 is 14.6 Å². The van der Waals surface area contributed by atoms with Gasteiger partial charge in [-0.15, -0.1) is 0 Å². The fourth-order valence-corrected chi connectivity index (χ4v) is 3.94. The number of H-pyrrole nitrogens is 1. The van der Waals surface area contributed by atoms with E-state index in [0.29, 0.717) is 6.54 Å². The molecule has 32 heavy (non-hydrogen) atoms. The normalized spacial score (nSPS) is 10.9. The summed E-state index contributed by atoms with van der Waals surface area (Å²) >= 11 is 0. The summed E-state index contributed by atoms with van der Waals surface area (Å²) < 4.78 is 5.53. The van der Waals surface area contributed by atoms with Crippen molar-refractivity contribution in [2.75, 3.05) is 12.0 Å². The van der Waals surface area contributed by atoms with Crippen molar-refractivity contribution in [3.8, 4) is 16.9 Å². The predicted molar refractivity (Wildman–Crippen MR) is 129 cm³/mol. The van der Waals surface area contributed by atoms with Crippen molar-refractivity contribution in [2.24, 2.45) is 0 Å². The van der Waals surface area contributed by atoms with E-state index in [2.05, 4.69) is 70.3 Å². The number of hydrogen-bond acceptors (Lipinski definition) is 4. The minimum atomic E-state index is 0.608. The Bertz CT molecular complexity index is 1350. The highest BCUT2D eigenvalue weighted by molar-refractivity contribution is 5.87. The summed E-state index contributed by atoms with van der Waals surface area (Å²) in [6.07, 6.45) is 5.56. The van der Waals surface area contributed by atoms with Gasteiger partial charge >= 0.3 is 0 Å². The zero-order valence-corrected chi connectivity index (χ0v) is 18.1. The van der Waals surface area contributed by atoms with Crippen LogP contribution in [-0.4, -0.2) is 22.1 Å². The van der Waals surface area contributed by atoms with Gasteiger partial charge in [-0.2, -0.15) is 0 Å². The third-order valence-corrected chi connectivity index (χ3v) is 5.53. The van der Waals surface area contributed by atoms with Crippen LogP contribution in [0.3, 0.4) is 0 Å². The van der Waals surface area contributed by atoms with Crippen molar-refractivity contribution in [2.45, 2.75) is 13.5 Å². The lowest BCUT2D eigenvalue weighted by atomic mass is 10.0. The molecule has 1 N–H and O–H groups in total. The summed E-state index contributed by atoms with van der Waals surface area (Å²) in [6.45, 7) is 2.68. The molecule has 0 aliphatic rings. The smallest absolute Gasteiger partial charge is 0.126 e. The number of benzene rings is 3. The number of ether oxygens (including phenoxy) is 1. The van der Waals surface area contributed by atoms with Crippen molar-refractivity contribution >= 4 is 22.3 Å². The lowest BCUT2D eigenvalue weighted by Gasteiger charge is -2.25. The minimum Gasteiger partial charge on any atom is -0.497 e. The highest BCUT2D eigenvalue weighted by Crippen LogP contribution is 2.33. The molecule has 0 unspecified atom stereocenters. The van der Waals surface area contributed by atoms with Gasteiger partial charge in [0.1, 0.15) is 11.6 Å². The maximum Gasteiger partial charge on any atom is 0.126 e. The Kier molecular flexibility index (Phi) is 5.30. The number of nitrogens with one attached hydrogen (secondary N) is 1. The number of aryl methyl sites for hydroxylation is 1. The number of aromatic nitrogens is 3. The van der Waals surface area contributed by atoms with Crippen molar-refractivity contribution in [1.82, 2.24) is 15.0 Å². The van der Waals surface area contributed by atoms with Crippen LogP contribution < -0.4 is 9.64 Å². The van der Waals surface area contributed by atoms with E-state index < -0.39 is 0 Å². The topological polar surface area (TPSA) is 54.0 Å². The van der Waals surface area contributed by atoms with Gasteiger partial charge in [-0.1, -0.05) is 30.3 Å². The standard InChI is InChI=1S/C27H24N4O/c1-19-12-24(16-25(13-19)32-2)31(18-27-28-10-11-29-27)23-8-9-26-21(15-23)14-22(17-30-26)20-6-4-3-5-7-20/h3-17H,18H2,1-2H3,(H,28,29). The fourth-order valence-electron chi connectivity index (χ4n) is 3.94. The maximum absolute atomic E-state index is 5.53. The van der Waals surface area contributed by atoms with Crippen LogP contribution in [0.2, 0.25) is 0 Å². The lowest BCUT2D eigenvalue weighted by molar-refractivity contribution is 0.414. The molecule has 0 fully saturated rings. The van der Waals surface area contributed by atoms with Gasteiger partial charge in [-0.05, 0) is 54.4 Å². The molecule has 0 aliphatic heterocycles. The average Bonchev–Trinajstić information content (AvgIpc) is 3.35. The van der Waals surface area contributed by atoms with Crippen LogP contribution in [0.1, 0.15) is 11.4 Å². The Morgan fingerprint density at radius 3 is 2.53 bits per heavy atom. The monoisotopic (exact) mass is 420 g/mol. The van der Waals surface area contributed by atoms with Crippen LogP contribution >= 0.6 is 0 Å². The van der Waals surface area contributed by atoms with E-state index in [-0.39, 0.29) is 0 Å². The second kappa shape index (κ2) is 8.55. The SMILES string of the molecule is COc1cc(C)cc(N(Cc2ncc[nH]2)c2ccc3ncc(-c4ccccc4)cc3c2)c1. The molecular formula is C27H24N4O. The number of anilines is 2. The summed E-state index contributed by atoms with van der Waals surface area (Å²) in [5, 5.41) is 1.09. The first-order chi connectivity index (χ1) is 15.7. The van der Waals surface area contributed by atoms with Crippen LogP contribution in [0.15, 0.2) is 91.4 Å². The largest absolute Gasteiger partial charge is 0.497 e. The van der Waals surface area contributed by atoms with Crippen molar-refractivity contribution in [3.63, 3.8) is 0 Å². The third-order valence-electron chi connectivity index (χ3n) is 5.53. The van der Waals surface area contributed by atoms with Gasteiger partial charge in [-0.25, -0.2) is 4.98 Å². The molecule has 158 valence electrons. The first kappa shape index (κ1) is 19.8. The predicted octanol–water partition coefficient (Wildman–Crippen LogP) is 6.28. The summed E-state index contributed by atoms with van der Waals surface area (Å²) in [7, 11) is 1.70. The number of methoxy groups -OCH3 is 1. The highest BCUT2D eigenvalue weighted by atomic mass is 16.5. The number of pyridine rings is 1. The van der Waals surface area contributed by atoms with E-state index in [9.17, 15) is 0 Å². The Hall–Kier alpha value is -4.12. The zero-order valence-electron chi connectivity index (χ0n) is 18.1. The highest BCUT2D eigenvalue weighted by Gasteiger charge is 2.14. The van der Waals surface area contributed by atoms with Crippen LogP contribution in [0, 0.1) is 6.92 Å². The molecule has 0 amide bonds. The van der Waals surface area contributed by atoms with E-state index >= 15 is 0 Å². The number of nitrogens with zero attached hydrogens (tertiary/aromatic N) is 3. The van der Waals surface area contributed by atoms with Gasteiger partial charge in [0.05, 0.1) is 19.2 Å².